The Hall–Kier alpha value is -3.67. The van der Waals surface area contributed by atoms with E-state index in [0.29, 0.717) is 24.7 Å². The molecule has 0 spiro atoms. The molecule has 0 radical (unpaired) electrons. The van der Waals surface area contributed by atoms with E-state index in [2.05, 4.69) is 21.6 Å². The molecular weight excluding hydrogens is 562 g/mol. The Balaban J connectivity index is 0.000000548. The average Bonchev–Trinajstić information content (AvgIpc) is 3.19. The number of aromatic nitrogens is 3. The second-order valence-electron chi connectivity index (χ2n) is 11.8. The highest BCUT2D eigenvalue weighted by Gasteiger charge is 2.26. The van der Waals surface area contributed by atoms with Crippen molar-refractivity contribution in [1.82, 2.24) is 19.5 Å². The Bertz CT molecular complexity index is 1650. The highest BCUT2D eigenvalue weighted by molar-refractivity contribution is 7.91. The summed E-state index contributed by atoms with van der Waals surface area (Å²) in [4.78, 5) is 12.1. The molecule has 1 unspecified atom stereocenters. The normalized spacial score (nSPS) is 19.8. The van der Waals surface area contributed by atoms with Crippen LogP contribution in [0.4, 0.5) is 5.82 Å². The maximum atomic E-state index is 12.4. The van der Waals surface area contributed by atoms with Crippen molar-refractivity contribution in [3.8, 4) is 0 Å². The summed E-state index contributed by atoms with van der Waals surface area (Å²) in [5, 5.41) is 2.50. The molecule has 230 valence electrons. The van der Waals surface area contributed by atoms with Gasteiger partial charge in [-0.3, -0.25) is 4.98 Å². The summed E-state index contributed by atoms with van der Waals surface area (Å²) in [6.07, 6.45) is 3.80. The minimum absolute atomic E-state index is 0.0419. The number of rotatable bonds is 5. The molecular formula is C32H43N7O3S. The smallest absolute Gasteiger partial charge is 0.152 e. The number of ether oxygens (including phenoxy) is 1. The van der Waals surface area contributed by atoms with Gasteiger partial charge < -0.3 is 24.9 Å². The number of nitrogens with zero attached hydrogens (tertiary/aromatic N) is 5. The molecule has 2 saturated heterocycles. The lowest BCUT2D eigenvalue weighted by atomic mass is 10.0. The molecule has 5 heterocycles. The summed E-state index contributed by atoms with van der Waals surface area (Å²) in [6, 6.07) is 18.2. The zero-order chi connectivity index (χ0) is 30.6. The lowest BCUT2D eigenvalue weighted by molar-refractivity contribution is 0.0619. The third kappa shape index (κ3) is 7.29. The summed E-state index contributed by atoms with van der Waals surface area (Å²) in [5.41, 5.74) is 11.1. The first-order valence-electron chi connectivity index (χ1n) is 14.9. The number of allylic oxidation sites excluding steroid dienone is 1. The fourth-order valence-electron chi connectivity index (χ4n) is 6.08. The lowest BCUT2D eigenvalue weighted by Crippen LogP contribution is -2.29. The van der Waals surface area contributed by atoms with Gasteiger partial charge in [0.25, 0.3) is 0 Å². The molecule has 4 aromatic rings. The highest BCUT2D eigenvalue weighted by Crippen LogP contribution is 2.33. The molecule has 0 amide bonds. The Morgan fingerprint density at radius 1 is 1.12 bits per heavy atom. The van der Waals surface area contributed by atoms with Crippen LogP contribution in [0.3, 0.4) is 0 Å². The molecule has 0 bridgehead atoms. The van der Waals surface area contributed by atoms with Gasteiger partial charge in [-0.2, -0.15) is 0 Å². The number of sulfone groups is 1. The molecule has 0 saturated carbocycles. The molecule has 0 aliphatic carbocycles. The third-order valence-corrected chi connectivity index (χ3v) is 9.93. The van der Waals surface area contributed by atoms with E-state index < -0.39 is 9.84 Å². The Morgan fingerprint density at radius 2 is 1.79 bits per heavy atom. The molecule has 1 atom stereocenters. The van der Waals surface area contributed by atoms with Crippen LogP contribution in [0.1, 0.15) is 32.3 Å². The highest BCUT2D eigenvalue weighted by atomic mass is 32.2. The number of hydrogen-bond acceptors (Lipinski definition) is 9. The number of fused-ring (bicyclic) bond motifs is 3. The van der Waals surface area contributed by atoms with E-state index in [4.69, 9.17) is 26.3 Å². The van der Waals surface area contributed by atoms with Gasteiger partial charge in [-0.05, 0) is 49.8 Å². The number of anilines is 1. The maximum Gasteiger partial charge on any atom is 0.152 e. The topological polar surface area (TPSA) is 133 Å². The zero-order valence-electron chi connectivity index (χ0n) is 25.3. The summed E-state index contributed by atoms with van der Waals surface area (Å²) < 4.78 is 32.6. The van der Waals surface area contributed by atoms with Crippen LogP contribution < -0.4 is 16.5 Å². The molecule has 10 nitrogen and oxygen atoms in total. The first-order valence-corrected chi connectivity index (χ1v) is 16.7. The fourth-order valence-corrected chi connectivity index (χ4v) is 7.71. The standard InChI is InChI=1S/C26H37N7O3S.C6H6/c1-17-14-32(8-11-37(34,35)16-17)23-5-4-21-24-22(12-20(13-29-24)25(18(2)27)31(3)28)33(26(21)30-23)15-19-6-9-36-10-7-19;1-2-4-6-5-3-1/h4-5,12-13,17,19H,6-11,14-16,27-28H2,1-3H3;1-6H/b25-18-;. The SMILES string of the molecule is C/C(N)=C(\c1cnc2c3ccc(N4CCS(=O)(=O)CC(C)C4)nc3n(CC3CCOCC3)c2c1)N(C)N.c1ccccc1. The number of hydrogen-bond donors (Lipinski definition) is 2. The Morgan fingerprint density at radius 3 is 2.42 bits per heavy atom. The van der Waals surface area contributed by atoms with Gasteiger partial charge in [-0.1, -0.05) is 43.3 Å². The van der Waals surface area contributed by atoms with Crippen molar-refractivity contribution < 1.29 is 13.2 Å². The van der Waals surface area contributed by atoms with Crippen LogP contribution in [0.15, 0.2) is 66.5 Å². The van der Waals surface area contributed by atoms with E-state index >= 15 is 0 Å². The van der Waals surface area contributed by atoms with Crippen LogP contribution in [-0.2, 0) is 21.1 Å². The number of nitrogens with two attached hydrogens (primary N) is 2. The zero-order valence-corrected chi connectivity index (χ0v) is 26.1. The monoisotopic (exact) mass is 605 g/mol. The van der Waals surface area contributed by atoms with E-state index in [1.54, 1.807) is 7.05 Å². The minimum Gasteiger partial charge on any atom is -0.401 e. The molecule has 2 aliphatic heterocycles. The van der Waals surface area contributed by atoms with Gasteiger partial charge in [-0.25, -0.2) is 19.2 Å². The average molecular weight is 606 g/mol. The fraction of sp³-hybridized carbons (Fsp3) is 0.438. The van der Waals surface area contributed by atoms with Crippen molar-refractivity contribution >= 4 is 43.4 Å². The van der Waals surface area contributed by atoms with Gasteiger partial charge in [0.05, 0.1) is 28.2 Å². The number of pyridine rings is 2. The summed E-state index contributed by atoms with van der Waals surface area (Å²) in [5.74, 6) is 7.78. The van der Waals surface area contributed by atoms with Crippen LogP contribution in [-0.4, -0.2) is 72.8 Å². The van der Waals surface area contributed by atoms with Crippen LogP contribution in [0.2, 0.25) is 0 Å². The lowest BCUT2D eigenvalue weighted by Gasteiger charge is -2.25. The first-order chi connectivity index (χ1) is 20.6. The van der Waals surface area contributed by atoms with Crippen LogP contribution in [0.25, 0.3) is 27.8 Å². The van der Waals surface area contributed by atoms with E-state index in [-0.39, 0.29) is 17.4 Å². The molecule has 2 aliphatic rings. The molecule has 1 aromatic carbocycles. The molecule has 4 N–H and O–H groups in total. The molecule has 43 heavy (non-hydrogen) atoms. The van der Waals surface area contributed by atoms with Gasteiger partial charge in [0, 0.05) is 62.7 Å². The predicted octanol–water partition coefficient (Wildman–Crippen LogP) is 4.02. The molecule has 3 aromatic heterocycles. The second-order valence-corrected chi connectivity index (χ2v) is 14.0. The largest absolute Gasteiger partial charge is 0.401 e. The molecule has 2 fully saturated rings. The number of benzene rings is 1. The third-order valence-electron chi connectivity index (χ3n) is 8.04. The van der Waals surface area contributed by atoms with Crippen molar-refractivity contribution in [3.05, 3.63) is 72.1 Å². The van der Waals surface area contributed by atoms with E-state index in [9.17, 15) is 8.42 Å². The maximum absolute atomic E-state index is 12.4. The molecule has 6 rings (SSSR count). The van der Waals surface area contributed by atoms with Gasteiger partial charge in [0.15, 0.2) is 9.84 Å². The van der Waals surface area contributed by atoms with Crippen molar-refractivity contribution in [1.29, 1.82) is 0 Å². The Kier molecular flexibility index (Phi) is 9.53. The van der Waals surface area contributed by atoms with Crippen molar-refractivity contribution in [2.24, 2.45) is 23.4 Å². The van der Waals surface area contributed by atoms with E-state index in [1.165, 1.54) is 5.01 Å². The van der Waals surface area contributed by atoms with Gasteiger partial charge in [0.1, 0.15) is 11.5 Å². The van der Waals surface area contributed by atoms with Crippen LogP contribution in [0.5, 0.6) is 0 Å². The number of hydrazine groups is 1. The molecule has 11 heteroatoms. The summed E-state index contributed by atoms with van der Waals surface area (Å²) in [7, 11) is -1.28. The van der Waals surface area contributed by atoms with Gasteiger partial charge in [0.2, 0.25) is 0 Å². The summed E-state index contributed by atoms with van der Waals surface area (Å²) >= 11 is 0. The van der Waals surface area contributed by atoms with Crippen molar-refractivity contribution in [2.45, 2.75) is 33.2 Å². The van der Waals surface area contributed by atoms with Gasteiger partial charge in [-0.15, -0.1) is 0 Å². The van der Waals surface area contributed by atoms with Crippen LogP contribution in [0, 0.1) is 11.8 Å². The quantitative estimate of drug-likeness (QED) is 0.256. The van der Waals surface area contributed by atoms with E-state index in [1.807, 2.05) is 62.5 Å². The van der Waals surface area contributed by atoms with Crippen molar-refractivity contribution in [2.75, 3.05) is 49.8 Å². The van der Waals surface area contributed by atoms with Crippen LogP contribution >= 0.6 is 0 Å². The first kappa shape index (κ1) is 30.8. The second kappa shape index (κ2) is 13.3. The van der Waals surface area contributed by atoms with E-state index in [0.717, 1.165) is 71.7 Å². The van der Waals surface area contributed by atoms with Gasteiger partial charge >= 0.3 is 0 Å². The predicted molar refractivity (Wildman–Crippen MR) is 174 cm³/mol. The summed E-state index contributed by atoms with van der Waals surface area (Å²) in [6.45, 7) is 7.25. The Labute approximate surface area is 254 Å². The minimum atomic E-state index is -3.05. The van der Waals surface area contributed by atoms with Crippen molar-refractivity contribution in [3.63, 3.8) is 0 Å².